The number of carbonyl (C=O) groups is 2. The van der Waals surface area contributed by atoms with Crippen molar-refractivity contribution in [1.29, 1.82) is 0 Å². The molecule has 0 radical (unpaired) electrons. The number of aliphatic hydroxyl groups is 1. The summed E-state index contributed by atoms with van der Waals surface area (Å²) in [6, 6.07) is -1.78. The van der Waals surface area contributed by atoms with E-state index in [2.05, 4.69) is 5.32 Å². The monoisotopic (exact) mass is 292 g/mol. The number of rotatable bonds is 6. The van der Waals surface area contributed by atoms with Crippen molar-refractivity contribution in [3.8, 4) is 0 Å². The highest BCUT2D eigenvalue weighted by atomic mass is 32.2. The summed E-state index contributed by atoms with van der Waals surface area (Å²) in [4.78, 5) is 24.5. The standard InChI is InChI=1S/C11H20N2O5S/c1-19-5-2-9(10(15)16)12-11(17)13-3-4-18-7-8(13)6-14/h8-9,14H,2-7H2,1H3,(H,12,17)(H,15,16)/t8?,9-/m0/s1. The van der Waals surface area contributed by atoms with E-state index in [0.29, 0.717) is 25.3 Å². The van der Waals surface area contributed by atoms with Gasteiger partial charge in [0.2, 0.25) is 0 Å². The second-order valence-electron chi connectivity index (χ2n) is 4.23. The molecular formula is C11H20N2O5S. The van der Waals surface area contributed by atoms with Gasteiger partial charge in [-0.2, -0.15) is 11.8 Å². The number of urea groups is 1. The summed E-state index contributed by atoms with van der Waals surface area (Å²) < 4.78 is 5.17. The summed E-state index contributed by atoms with van der Waals surface area (Å²) in [5, 5.41) is 20.7. The fourth-order valence-electron chi connectivity index (χ4n) is 1.80. The van der Waals surface area contributed by atoms with Gasteiger partial charge in [-0.15, -0.1) is 0 Å². The van der Waals surface area contributed by atoms with E-state index in [1.807, 2.05) is 6.26 Å². The van der Waals surface area contributed by atoms with Crippen molar-refractivity contribution in [1.82, 2.24) is 10.2 Å². The Morgan fingerprint density at radius 2 is 2.32 bits per heavy atom. The van der Waals surface area contributed by atoms with Gasteiger partial charge in [-0.25, -0.2) is 9.59 Å². The van der Waals surface area contributed by atoms with E-state index < -0.39 is 24.1 Å². The van der Waals surface area contributed by atoms with Gasteiger partial charge in [0.25, 0.3) is 0 Å². The Kier molecular flexibility index (Phi) is 6.96. The summed E-state index contributed by atoms with van der Waals surface area (Å²) in [5.74, 6) is -0.389. The minimum atomic E-state index is -1.05. The number of hydrogen-bond donors (Lipinski definition) is 3. The van der Waals surface area contributed by atoms with Gasteiger partial charge in [0, 0.05) is 6.54 Å². The van der Waals surface area contributed by atoms with Crippen LogP contribution in [-0.2, 0) is 9.53 Å². The molecule has 0 saturated carbocycles. The lowest BCUT2D eigenvalue weighted by atomic mass is 10.2. The van der Waals surface area contributed by atoms with Crippen LogP contribution in [0.4, 0.5) is 4.79 Å². The van der Waals surface area contributed by atoms with Crippen LogP contribution < -0.4 is 5.32 Å². The summed E-state index contributed by atoms with van der Waals surface area (Å²) in [5.41, 5.74) is 0. The molecule has 0 aromatic heterocycles. The van der Waals surface area contributed by atoms with Gasteiger partial charge in [-0.1, -0.05) is 0 Å². The van der Waals surface area contributed by atoms with Crippen molar-refractivity contribution >= 4 is 23.8 Å². The largest absolute Gasteiger partial charge is 0.480 e. The van der Waals surface area contributed by atoms with Gasteiger partial charge in [-0.05, 0) is 18.4 Å². The van der Waals surface area contributed by atoms with Crippen molar-refractivity contribution in [3.05, 3.63) is 0 Å². The van der Waals surface area contributed by atoms with Crippen molar-refractivity contribution in [2.45, 2.75) is 18.5 Å². The molecule has 1 fully saturated rings. The highest BCUT2D eigenvalue weighted by molar-refractivity contribution is 7.98. The van der Waals surface area contributed by atoms with Crippen LogP contribution in [0.2, 0.25) is 0 Å². The van der Waals surface area contributed by atoms with E-state index in [9.17, 15) is 14.7 Å². The molecular weight excluding hydrogens is 272 g/mol. The maximum absolute atomic E-state index is 12.0. The highest BCUT2D eigenvalue weighted by Gasteiger charge is 2.29. The fraction of sp³-hybridized carbons (Fsp3) is 0.818. The average molecular weight is 292 g/mol. The number of amides is 2. The van der Waals surface area contributed by atoms with E-state index in [0.717, 1.165) is 0 Å². The molecule has 1 heterocycles. The minimum absolute atomic E-state index is 0.198. The van der Waals surface area contributed by atoms with Crippen molar-refractivity contribution in [2.24, 2.45) is 0 Å². The molecule has 7 nitrogen and oxygen atoms in total. The van der Waals surface area contributed by atoms with Crippen LogP contribution in [0.1, 0.15) is 6.42 Å². The van der Waals surface area contributed by atoms with Gasteiger partial charge in [0.15, 0.2) is 0 Å². The predicted octanol–water partition coefficient (Wildman–Crippen LogP) is -0.405. The van der Waals surface area contributed by atoms with E-state index in [4.69, 9.17) is 9.84 Å². The molecule has 0 spiro atoms. The summed E-state index contributed by atoms with van der Waals surface area (Å²) in [7, 11) is 0. The van der Waals surface area contributed by atoms with Crippen LogP contribution in [-0.4, -0.2) is 77.6 Å². The lowest BCUT2D eigenvalue weighted by molar-refractivity contribution is -0.139. The third kappa shape index (κ3) is 4.88. The molecule has 1 rings (SSSR count). The quantitative estimate of drug-likeness (QED) is 0.616. The van der Waals surface area contributed by atoms with Crippen LogP contribution in [0.25, 0.3) is 0 Å². The lowest BCUT2D eigenvalue weighted by Crippen LogP contribution is -2.56. The molecule has 3 N–H and O–H groups in total. The Morgan fingerprint density at radius 3 is 2.89 bits per heavy atom. The number of hydrogen-bond acceptors (Lipinski definition) is 5. The van der Waals surface area contributed by atoms with Crippen LogP contribution in [0.3, 0.4) is 0 Å². The zero-order valence-electron chi connectivity index (χ0n) is 10.9. The number of nitrogens with zero attached hydrogens (tertiary/aromatic N) is 1. The minimum Gasteiger partial charge on any atom is -0.480 e. The SMILES string of the molecule is CSCC[C@H](NC(=O)N1CCOCC1CO)C(=O)O. The lowest BCUT2D eigenvalue weighted by Gasteiger charge is -2.35. The van der Waals surface area contributed by atoms with E-state index in [1.54, 1.807) is 0 Å². The third-order valence-electron chi connectivity index (χ3n) is 2.91. The summed E-state index contributed by atoms with van der Waals surface area (Å²) >= 11 is 1.53. The first kappa shape index (κ1) is 16.1. The number of aliphatic hydroxyl groups excluding tert-OH is 1. The zero-order valence-corrected chi connectivity index (χ0v) is 11.7. The van der Waals surface area contributed by atoms with E-state index in [-0.39, 0.29) is 13.2 Å². The van der Waals surface area contributed by atoms with Crippen LogP contribution in [0.5, 0.6) is 0 Å². The van der Waals surface area contributed by atoms with E-state index >= 15 is 0 Å². The van der Waals surface area contributed by atoms with Crippen molar-refractivity contribution < 1.29 is 24.5 Å². The Bertz CT molecular complexity index is 315. The molecule has 0 aliphatic carbocycles. The second kappa shape index (κ2) is 8.23. The highest BCUT2D eigenvalue weighted by Crippen LogP contribution is 2.08. The molecule has 1 unspecified atom stereocenters. The average Bonchev–Trinajstić information content (AvgIpc) is 2.42. The fourth-order valence-corrected chi connectivity index (χ4v) is 2.27. The first-order chi connectivity index (χ1) is 9.10. The number of carboxylic acids is 1. The molecule has 2 amide bonds. The van der Waals surface area contributed by atoms with Gasteiger partial charge in [0.05, 0.1) is 25.9 Å². The van der Waals surface area contributed by atoms with E-state index in [1.165, 1.54) is 16.7 Å². The maximum atomic E-state index is 12.0. The van der Waals surface area contributed by atoms with Crippen LogP contribution >= 0.6 is 11.8 Å². The van der Waals surface area contributed by atoms with Gasteiger partial charge >= 0.3 is 12.0 Å². The van der Waals surface area contributed by atoms with Gasteiger partial charge in [0.1, 0.15) is 6.04 Å². The molecule has 19 heavy (non-hydrogen) atoms. The second-order valence-corrected chi connectivity index (χ2v) is 5.21. The van der Waals surface area contributed by atoms with Gasteiger partial charge < -0.3 is 25.2 Å². The van der Waals surface area contributed by atoms with Crippen LogP contribution in [0, 0.1) is 0 Å². The molecule has 110 valence electrons. The first-order valence-electron chi connectivity index (χ1n) is 6.07. The molecule has 0 bridgehead atoms. The number of carbonyl (C=O) groups excluding carboxylic acids is 1. The van der Waals surface area contributed by atoms with Crippen LogP contribution in [0.15, 0.2) is 0 Å². The third-order valence-corrected chi connectivity index (χ3v) is 3.55. The summed E-state index contributed by atoms with van der Waals surface area (Å²) in [6.45, 7) is 0.820. The summed E-state index contributed by atoms with van der Waals surface area (Å²) in [6.07, 6.45) is 2.25. The first-order valence-corrected chi connectivity index (χ1v) is 7.47. The normalized spacial score (nSPS) is 20.9. The number of nitrogens with one attached hydrogen (secondary N) is 1. The maximum Gasteiger partial charge on any atom is 0.326 e. The molecule has 2 atom stereocenters. The molecule has 1 aliphatic rings. The Morgan fingerprint density at radius 1 is 1.58 bits per heavy atom. The topological polar surface area (TPSA) is 99.1 Å². The molecule has 1 aliphatic heterocycles. The van der Waals surface area contributed by atoms with Crippen molar-refractivity contribution in [3.63, 3.8) is 0 Å². The smallest absolute Gasteiger partial charge is 0.326 e. The number of thioether (sulfide) groups is 1. The predicted molar refractivity (Wildman–Crippen MR) is 71.4 cm³/mol. The molecule has 0 aromatic carbocycles. The van der Waals surface area contributed by atoms with Gasteiger partial charge in [-0.3, -0.25) is 0 Å². The Balaban J connectivity index is 2.56. The number of carboxylic acid groups (broad SMARTS) is 1. The Hall–Kier alpha value is -0.990. The Labute approximate surface area is 116 Å². The number of ether oxygens (including phenoxy) is 1. The molecule has 1 saturated heterocycles. The number of aliphatic carboxylic acids is 1. The molecule has 0 aromatic rings. The molecule has 8 heteroatoms. The number of morpholine rings is 1. The zero-order chi connectivity index (χ0) is 14.3. The van der Waals surface area contributed by atoms with Crippen molar-refractivity contribution in [2.75, 3.05) is 38.4 Å².